The Morgan fingerprint density at radius 1 is 0.935 bits per heavy atom. The molecule has 0 spiro atoms. The summed E-state index contributed by atoms with van der Waals surface area (Å²) in [7, 11) is 1.77. The third kappa shape index (κ3) is 7.45. The molecule has 168 valence electrons. The third-order valence-electron chi connectivity index (χ3n) is 5.13. The summed E-state index contributed by atoms with van der Waals surface area (Å²) in [4.78, 5) is 6.71. The van der Waals surface area contributed by atoms with Crippen molar-refractivity contribution in [2.75, 3.05) is 53.1 Å². The molecular formula is C24H34N4O3. The van der Waals surface area contributed by atoms with Crippen molar-refractivity contribution in [3.63, 3.8) is 0 Å². The van der Waals surface area contributed by atoms with Gasteiger partial charge < -0.3 is 24.8 Å². The number of para-hydroxylation sites is 2. The fraction of sp³-hybridized carbons (Fsp3) is 0.458. The minimum absolute atomic E-state index is 0.626. The van der Waals surface area contributed by atoms with Crippen molar-refractivity contribution in [1.29, 1.82) is 0 Å². The molecule has 1 aliphatic heterocycles. The maximum absolute atomic E-state index is 6.08. The third-order valence-corrected chi connectivity index (χ3v) is 5.13. The van der Waals surface area contributed by atoms with E-state index in [2.05, 4.69) is 32.7 Å². The van der Waals surface area contributed by atoms with Gasteiger partial charge in [-0.15, -0.1) is 0 Å². The molecule has 0 amide bonds. The fourth-order valence-corrected chi connectivity index (χ4v) is 3.42. The number of ether oxygens (including phenoxy) is 3. The molecule has 0 atom stereocenters. The number of hydrogen-bond acceptors (Lipinski definition) is 5. The van der Waals surface area contributed by atoms with Crippen molar-refractivity contribution in [3.05, 3.63) is 59.7 Å². The van der Waals surface area contributed by atoms with Crippen LogP contribution in [0.1, 0.15) is 18.1 Å². The number of aliphatic imine (C=N–C) groups is 1. The van der Waals surface area contributed by atoms with Crippen LogP contribution in [0.4, 0.5) is 0 Å². The summed E-state index contributed by atoms with van der Waals surface area (Å²) in [6.45, 7) is 9.03. The lowest BCUT2D eigenvalue weighted by Gasteiger charge is -2.26. The minimum atomic E-state index is 0.626. The highest BCUT2D eigenvalue weighted by molar-refractivity contribution is 5.79. The van der Waals surface area contributed by atoms with Crippen molar-refractivity contribution < 1.29 is 14.2 Å². The van der Waals surface area contributed by atoms with E-state index < -0.39 is 0 Å². The number of morpholine rings is 1. The van der Waals surface area contributed by atoms with E-state index in [0.717, 1.165) is 61.4 Å². The second-order valence-electron chi connectivity index (χ2n) is 7.23. The van der Waals surface area contributed by atoms with E-state index in [1.54, 1.807) is 7.05 Å². The second-order valence-corrected chi connectivity index (χ2v) is 7.23. The normalized spacial score (nSPS) is 14.8. The molecule has 7 heteroatoms. The van der Waals surface area contributed by atoms with Gasteiger partial charge in [-0.3, -0.25) is 9.89 Å². The molecule has 0 bridgehead atoms. The van der Waals surface area contributed by atoms with Crippen molar-refractivity contribution in [2.45, 2.75) is 20.0 Å². The number of guanidine groups is 1. The lowest BCUT2D eigenvalue weighted by Crippen LogP contribution is -2.38. The Morgan fingerprint density at radius 3 is 2.10 bits per heavy atom. The standard InChI is InChI=1S/C24H34N4O3/c1-3-30-22-10-6-4-8-20(22)18-26-24(25-2)27-19-21-9-5-7-11-23(21)31-17-14-28-12-15-29-16-13-28/h4-11H,3,12-19H2,1-2H3,(H2,25,26,27). The van der Waals surface area contributed by atoms with E-state index in [1.807, 2.05) is 43.3 Å². The first-order valence-electron chi connectivity index (χ1n) is 11.0. The number of nitrogens with one attached hydrogen (secondary N) is 2. The summed E-state index contributed by atoms with van der Waals surface area (Å²) < 4.78 is 17.2. The van der Waals surface area contributed by atoms with Crippen LogP contribution >= 0.6 is 0 Å². The van der Waals surface area contributed by atoms with Crippen LogP contribution in [-0.4, -0.2) is 64.0 Å². The van der Waals surface area contributed by atoms with Gasteiger partial charge in [0.15, 0.2) is 5.96 Å². The van der Waals surface area contributed by atoms with Crippen molar-refractivity contribution in [1.82, 2.24) is 15.5 Å². The maximum Gasteiger partial charge on any atom is 0.191 e. The summed E-state index contributed by atoms with van der Waals surface area (Å²) in [5.41, 5.74) is 2.20. The van der Waals surface area contributed by atoms with Gasteiger partial charge in [0.1, 0.15) is 18.1 Å². The van der Waals surface area contributed by atoms with Gasteiger partial charge in [-0.05, 0) is 19.1 Å². The van der Waals surface area contributed by atoms with Crippen LogP contribution < -0.4 is 20.1 Å². The second kappa shape index (κ2) is 12.8. The molecule has 7 nitrogen and oxygen atoms in total. The molecule has 1 saturated heterocycles. The molecule has 31 heavy (non-hydrogen) atoms. The van der Waals surface area contributed by atoms with Crippen LogP contribution in [-0.2, 0) is 17.8 Å². The average Bonchev–Trinajstić information content (AvgIpc) is 2.82. The molecular weight excluding hydrogens is 392 g/mol. The number of nitrogens with zero attached hydrogens (tertiary/aromatic N) is 2. The molecule has 0 radical (unpaired) electrons. The monoisotopic (exact) mass is 426 g/mol. The zero-order valence-electron chi connectivity index (χ0n) is 18.6. The van der Waals surface area contributed by atoms with Gasteiger partial charge in [0.25, 0.3) is 0 Å². The van der Waals surface area contributed by atoms with E-state index in [0.29, 0.717) is 26.3 Å². The highest BCUT2D eigenvalue weighted by Crippen LogP contribution is 2.19. The Kier molecular flexibility index (Phi) is 9.47. The van der Waals surface area contributed by atoms with Gasteiger partial charge in [0, 0.05) is 50.9 Å². The van der Waals surface area contributed by atoms with Gasteiger partial charge in [-0.2, -0.15) is 0 Å². The van der Waals surface area contributed by atoms with Crippen LogP contribution in [0.3, 0.4) is 0 Å². The maximum atomic E-state index is 6.08. The Hall–Kier alpha value is -2.77. The molecule has 1 aliphatic rings. The largest absolute Gasteiger partial charge is 0.494 e. The summed E-state index contributed by atoms with van der Waals surface area (Å²) in [6, 6.07) is 16.2. The number of rotatable bonds is 10. The van der Waals surface area contributed by atoms with Crippen molar-refractivity contribution in [3.8, 4) is 11.5 Å². The number of benzene rings is 2. The smallest absolute Gasteiger partial charge is 0.191 e. The van der Waals surface area contributed by atoms with E-state index in [-0.39, 0.29) is 0 Å². The fourth-order valence-electron chi connectivity index (χ4n) is 3.42. The van der Waals surface area contributed by atoms with Crippen LogP contribution in [0.15, 0.2) is 53.5 Å². The molecule has 2 aromatic carbocycles. The molecule has 1 fully saturated rings. The summed E-state index contributed by atoms with van der Waals surface area (Å²) in [5, 5.41) is 6.74. The van der Waals surface area contributed by atoms with Gasteiger partial charge in [-0.25, -0.2) is 0 Å². The van der Waals surface area contributed by atoms with E-state index in [9.17, 15) is 0 Å². The quantitative estimate of drug-likeness (QED) is 0.450. The van der Waals surface area contributed by atoms with Gasteiger partial charge in [0.05, 0.1) is 19.8 Å². The lowest BCUT2D eigenvalue weighted by atomic mass is 10.2. The predicted molar refractivity (Wildman–Crippen MR) is 124 cm³/mol. The molecule has 1 heterocycles. The molecule has 3 rings (SSSR count). The Bertz CT molecular complexity index is 822. The Labute approximate surface area is 185 Å². The zero-order valence-corrected chi connectivity index (χ0v) is 18.6. The molecule has 0 aliphatic carbocycles. The minimum Gasteiger partial charge on any atom is -0.494 e. The van der Waals surface area contributed by atoms with Gasteiger partial charge >= 0.3 is 0 Å². The van der Waals surface area contributed by atoms with Gasteiger partial charge in [0.2, 0.25) is 0 Å². The van der Waals surface area contributed by atoms with Crippen molar-refractivity contribution >= 4 is 5.96 Å². The van der Waals surface area contributed by atoms with Crippen LogP contribution in [0.25, 0.3) is 0 Å². The summed E-state index contributed by atoms with van der Waals surface area (Å²) in [5.74, 6) is 2.53. The summed E-state index contributed by atoms with van der Waals surface area (Å²) >= 11 is 0. The lowest BCUT2D eigenvalue weighted by molar-refractivity contribution is 0.0322. The number of hydrogen-bond donors (Lipinski definition) is 2. The topological polar surface area (TPSA) is 67.3 Å². The highest BCUT2D eigenvalue weighted by Gasteiger charge is 2.11. The zero-order chi connectivity index (χ0) is 21.7. The predicted octanol–water partition coefficient (Wildman–Crippen LogP) is 2.66. The van der Waals surface area contributed by atoms with Crippen LogP contribution in [0.5, 0.6) is 11.5 Å². The molecule has 0 saturated carbocycles. The van der Waals surface area contributed by atoms with E-state index >= 15 is 0 Å². The molecule has 2 N–H and O–H groups in total. The summed E-state index contributed by atoms with van der Waals surface area (Å²) in [6.07, 6.45) is 0. The molecule has 0 aromatic heterocycles. The van der Waals surface area contributed by atoms with Gasteiger partial charge in [-0.1, -0.05) is 36.4 Å². The first kappa shape index (κ1) is 22.9. The Morgan fingerprint density at radius 2 is 1.52 bits per heavy atom. The van der Waals surface area contributed by atoms with Crippen molar-refractivity contribution in [2.24, 2.45) is 4.99 Å². The Balaban J connectivity index is 1.49. The average molecular weight is 427 g/mol. The highest BCUT2D eigenvalue weighted by atomic mass is 16.5. The van der Waals surface area contributed by atoms with E-state index in [1.165, 1.54) is 0 Å². The molecule has 0 unspecified atom stereocenters. The first-order chi connectivity index (χ1) is 15.3. The molecule has 2 aromatic rings. The van der Waals surface area contributed by atoms with Crippen LogP contribution in [0.2, 0.25) is 0 Å². The van der Waals surface area contributed by atoms with Crippen LogP contribution in [0, 0.1) is 0 Å². The first-order valence-corrected chi connectivity index (χ1v) is 11.0. The SMILES string of the molecule is CCOc1ccccc1CNC(=NC)NCc1ccccc1OCCN1CCOCC1. The van der Waals surface area contributed by atoms with E-state index in [4.69, 9.17) is 14.2 Å².